The number of halogens is 1. The fourth-order valence-electron chi connectivity index (χ4n) is 1.46. The molecule has 1 N–H and O–H groups in total. The topological polar surface area (TPSA) is 33.1 Å². The Bertz CT molecular complexity index is 502. The van der Waals surface area contributed by atoms with Gasteiger partial charge in [-0.25, -0.2) is 4.98 Å². The summed E-state index contributed by atoms with van der Waals surface area (Å²) in [5.41, 5.74) is 0.920. The van der Waals surface area contributed by atoms with Crippen LogP contribution < -0.4 is 0 Å². The molecule has 0 aliphatic heterocycles. The second kappa shape index (κ2) is 5.67. The molecule has 88 valence electrons. The maximum Gasteiger partial charge on any atom is 0.101 e. The first-order valence-electron chi connectivity index (χ1n) is 5.23. The van der Waals surface area contributed by atoms with Crippen molar-refractivity contribution in [3.05, 3.63) is 52.6 Å². The average molecular weight is 310 g/mol. The van der Waals surface area contributed by atoms with Crippen LogP contribution in [-0.4, -0.2) is 10.1 Å². The van der Waals surface area contributed by atoms with Crippen LogP contribution >= 0.6 is 27.7 Å². The molecule has 1 heterocycles. The SMILES string of the molecule is CC(O)c1ccc(Br)cc1Sc1ccccn1. The smallest absolute Gasteiger partial charge is 0.101 e. The van der Waals surface area contributed by atoms with Crippen molar-refractivity contribution in [1.82, 2.24) is 4.98 Å². The summed E-state index contributed by atoms with van der Waals surface area (Å²) in [7, 11) is 0. The van der Waals surface area contributed by atoms with Crippen LogP contribution in [0, 0.1) is 0 Å². The van der Waals surface area contributed by atoms with Crippen molar-refractivity contribution in [1.29, 1.82) is 0 Å². The van der Waals surface area contributed by atoms with E-state index in [9.17, 15) is 5.11 Å². The Labute approximate surface area is 113 Å². The Kier molecular flexibility index (Phi) is 4.20. The summed E-state index contributed by atoms with van der Waals surface area (Å²) < 4.78 is 1.00. The number of aliphatic hydroxyl groups excluding tert-OH is 1. The van der Waals surface area contributed by atoms with Crippen LogP contribution in [0.1, 0.15) is 18.6 Å². The fourth-order valence-corrected chi connectivity index (χ4v) is 3.00. The zero-order chi connectivity index (χ0) is 12.3. The molecule has 4 heteroatoms. The van der Waals surface area contributed by atoms with E-state index in [1.807, 2.05) is 36.4 Å². The zero-order valence-corrected chi connectivity index (χ0v) is 11.7. The zero-order valence-electron chi connectivity index (χ0n) is 9.30. The lowest BCUT2D eigenvalue weighted by molar-refractivity contribution is 0.196. The predicted octanol–water partition coefficient (Wildman–Crippen LogP) is 4.05. The van der Waals surface area contributed by atoms with Gasteiger partial charge in [-0.1, -0.05) is 39.8 Å². The largest absolute Gasteiger partial charge is 0.389 e. The third-order valence-corrected chi connectivity index (χ3v) is 3.80. The van der Waals surface area contributed by atoms with Crippen LogP contribution in [0.4, 0.5) is 0 Å². The molecule has 0 radical (unpaired) electrons. The monoisotopic (exact) mass is 309 g/mol. The maximum absolute atomic E-state index is 9.72. The van der Waals surface area contributed by atoms with E-state index in [-0.39, 0.29) is 0 Å². The molecule has 0 bridgehead atoms. The predicted molar refractivity (Wildman–Crippen MR) is 73.1 cm³/mol. The minimum Gasteiger partial charge on any atom is -0.389 e. The Morgan fingerprint density at radius 2 is 2.12 bits per heavy atom. The van der Waals surface area contributed by atoms with Crippen LogP contribution in [0.15, 0.2) is 57.0 Å². The van der Waals surface area contributed by atoms with Gasteiger partial charge in [0.1, 0.15) is 5.03 Å². The second-order valence-electron chi connectivity index (χ2n) is 3.63. The van der Waals surface area contributed by atoms with Gasteiger partial charge in [0.25, 0.3) is 0 Å². The minimum atomic E-state index is -0.477. The number of aliphatic hydroxyl groups is 1. The summed E-state index contributed by atoms with van der Waals surface area (Å²) in [6, 6.07) is 11.7. The number of rotatable bonds is 3. The van der Waals surface area contributed by atoms with Gasteiger partial charge in [0.05, 0.1) is 6.10 Å². The third kappa shape index (κ3) is 3.31. The molecule has 0 saturated heterocycles. The molecular weight excluding hydrogens is 298 g/mol. The molecule has 1 unspecified atom stereocenters. The summed E-state index contributed by atoms with van der Waals surface area (Å²) in [5, 5.41) is 10.6. The lowest BCUT2D eigenvalue weighted by Gasteiger charge is -2.11. The summed E-state index contributed by atoms with van der Waals surface area (Å²) >= 11 is 5.00. The van der Waals surface area contributed by atoms with Crippen LogP contribution in [-0.2, 0) is 0 Å². The van der Waals surface area contributed by atoms with Crippen molar-refractivity contribution in [3.8, 4) is 0 Å². The Morgan fingerprint density at radius 3 is 2.76 bits per heavy atom. The first-order chi connectivity index (χ1) is 8.16. The highest BCUT2D eigenvalue weighted by molar-refractivity contribution is 9.10. The van der Waals surface area contributed by atoms with Crippen LogP contribution in [0.5, 0.6) is 0 Å². The summed E-state index contributed by atoms with van der Waals surface area (Å²) in [6.45, 7) is 1.77. The summed E-state index contributed by atoms with van der Waals surface area (Å²) in [6.07, 6.45) is 1.29. The van der Waals surface area contributed by atoms with Crippen molar-refractivity contribution < 1.29 is 5.11 Å². The number of nitrogens with zero attached hydrogens (tertiary/aromatic N) is 1. The molecule has 1 atom stereocenters. The molecule has 0 saturated carbocycles. The number of hydrogen-bond donors (Lipinski definition) is 1. The van der Waals surface area contributed by atoms with Gasteiger partial charge >= 0.3 is 0 Å². The molecule has 2 rings (SSSR count). The van der Waals surface area contributed by atoms with E-state index < -0.39 is 6.10 Å². The van der Waals surface area contributed by atoms with Crippen LogP contribution in [0.3, 0.4) is 0 Å². The highest BCUT2D eigenvalue weighted by Gasteiger charge is 2.10. The molecule has 0 spiro atoms. The van der Waals surface area contributed by atoms with E-state index in [4.69, 9.17) is 0 Å². The van der Waals surface area contributed by atoms with Gasteiger partial charge in [0.15, 0.2) is 0 Å². The maximum atomic E-state index is 9.72. The standard InChI is InChI=1S/C13H12BrNOS/c1-9(16)11-6-5-10(14)8-12(11)17-13-4-2-3-7-15-13/h2-9,16H,1H3. The Hall–Kier alpha value is -0.840. The van der Waals surface area contributed by atoms with E-state index in [2.05, 4.69) is 20.9 Å². The molecule has 0 amide bonds. The molecule has 0 fully saturated rings. The summed E-state index contributed by atoms with van der Waals surface area (Å²) in [5.74, 6) is 0. The lowest BCUT2D eigenvalue weighted by atomic mass is 10.1. The molecule has 2 aromatic rings. The number of aromatic nitrogens is 1. The van der Waals surface area contributed by atoms with Crippen molar-refractivity contribution in [3.63, 3.8) is 0 Å². The van der Waals surface area contributed by atoms with Crippen LogP contribution in [0.2, 0.25) is 0 Å². The van der Waals surface area contributed by atoms with Gasteiger partial charge in [-0.15, -0.1) is 0 Å². The molecule has 0 aliphatic rings. The van der Waals surface area contributed by atoms with Crippen molar-refractivity contribution in [2.24, 2.45) is 0 Å². The highest BCUT2D eigenvalue weighted by Crippen LogP contribution is 2.34. The summed E-state index contributed by atoms with van der Waals surface area (Å²) in [4.78, 5) is 5.29. The van der Waals surface area contributed by atoms with Gasteiger partial charge < -0.3 is 5.11 Å². The number of benzene rings is 1. The van der Waals surface area contributed by atoms with E-state index in [0.717, 1.165) is 20.0 Å². The van der Waals surface area contributed by atoms with Gasteiger partial charge in [-0.2, -0.15) is 0 Å². The van der Waals surface area contributed by atoms with Crippen molar-refractivity contribution >= 4 is 27.7 Å². The Balaban J connectivity index is 2.34. The van der Waals surface area contributed by atoms with E-state index in [0.29, 0.717) is 0 Å². The third-order valence-electron chi connectivity index (χ3n) is 2.28. The van der Waals surface area contributed by atoms with Gasteiger partial charge in [-0.3, -0.25) is 0 Å². The minimum absolute atomic E-state index is 0.477. The number of hydrogen-bond acceptors (Lipinski definition) is 3. The number of pyridine rings is 1. The van der Waals surface area contributed by atoms with Gasteiger partial charge in [-0.05, 0) is 36.8 Å². The first-order valence-corrected chi connectivity index (χ1v) is 6.84. The van der Waals surface area contributed by atoms with Crippen molar-refractivity contribution in [2.75, 3.05) is 0 Å². The first kappa shape index (κ1) is 12.6. The highest BCUT2D eigenvalue weighted by atomic mass is 79.9. The molecule has 1 aromatic heterocycles. The molecule has 2 nitrogen and oxygen atoms in total. The van der Waals surface area contributed by atoms with E-state index >= 15 is 0 Å². The molecule has 17 heavy (non-hydrogen) atoms. The average Bonchev–Trinajstić information content (AvgIpc) is 2.30. The van der Waals surface area contributed by atoms with E-state index in [1.54, 1.807) is 24.9 Å². The molecular formula is C13H12BrNOS. The second-order valence-corrected chi connectivity index (χ2v) is 5.61. The quantitative estimate of drug-likeness (QED) is 0.928. The fraction of sp³-hybridized carbons (Fsp3) is 0.154. The van der Waals surface area contributed by atoms with E-state index in [1.165, 1.54) is 0 Å². The van der Waals surface area contributed by atoms with Crippen molar-refractivity contribution in [2.45, 2.75) is 22.9 Å². The lowest BCUT2D eigenvalue weighted by Crippen LogP contribution is -1.94. The molecule has 1 aromatic carbocycles. The Morgan fingerprint density at radius 1 is 1.29 bits per heavy atom. The normalized spacial score (nSPS) is 12.4. The van der Waals surface area contributed by atoms with Crippen LogP contribution in [0.25, 0.3) is 0 Å². The van der Waals surface area contributed by atoms with Gasteiger partial charge in [0, 0.05) is 15.6 Å². The van der Waals surface area contributed by atoms with Gasteiger partial charge in [0.2, 0.25) is 0 Å². The molecule has 0 aliphatic carbocycles.